The smallest absolute Gasteiger partial charge is 0.120 e. The van der Waals surface area contributed by atoms with Gasteiger partial charge in [-0.05, 0) is 78.7 Å². The summed E-state index contributed by atoms with van der Waals surface area (Å²) in [6.45, 7) is 1.72. The first-order valence-corrected chi connectivity index (χ1v) is 9.85. The highest BCUT2D eigenvalue weighted by Crippen LogP contribution is 2.29. The van der Waals surface area contributed by atoms with E-state index in [9.17, 15) is 0 Å². The van der Waals surface area contributed by atoms with E-state index in [4.69, 9.17) is 4.74 Å². The van der Waals surface area contributed by atoms with Crippen molar-refractivity contribution in [3.05, 3.63) is 89.5 Å². The van der Waals surface area contributed by atoms with E-state index in [1.165, 1.54) is 40.7 Å². The Kier molecular flexibility index (Phi) is 5.55. The average Bonchev–Trinajstić information content (AvgIpc) is 2.73. The summed E-state index contributed by atoms with van der Waals surface area (Å²) in [5.74, 6) is 1.74. The lowest BCUT2D eigenvalue weighted by molar-refractivity contribution is 0.305. The van der Waals surface area contributed by atoms with Gasteiger partial charge in [-0.2, -0.15) is 0 Å². The molecule has 1 aliphatic rings. The van der Waals surface area contributed by atoms with Crippen LogP contribution in [0.1, 0.15) is 23.1 Å². The zero-order valence-corrected chi connectivity index (χ0v) is 15.9. The molecule has 1 aliphatic carbocycles. The number of benzene rings is 3. The summed E-state index contributed by atoms with van der Waals surface area (Å²) < 4.78 is 6.07. The third-order valence-corrected chi connectivity index (χ3v) is 5.47. The first-order chi connectivity index (χ1) is 13.3. The Hall–Kier alpha value is -2.58. The molecular formula is C25H27NO. The van der Waals surface area contributed by atoms with Gasteiger partial charge in [0.2, 0.25) is 0 Å². The maximum atomic E-state index is 6.07. The molecule has 0 spiro atoms. The monoisotopic (exact) mass is 357 g/mol. The number of nitrogens with one attached hydrogen (secondary N) is 1. The lowest BCUT2D eigenvalue weighted by atomic mass is 9.84. The van der Waals surface area contributed by atoms with Crippen molar-refractivity contribution in [3.8, 4) is 16.9 Å². The van der Waals surface area contributed by atoms with E-state index < -0.39 is 0 Å². The Balaban J connectivity index is 1.38. The van der Waals surface area contributed by atoms with E-state index in [1.807, 2.05) is 13.1 Å². The molecule has 138 valence electrons. The van der Waals surface area contributed by atoms with Crippen molar-refractivity contribution in [1.29, 1.82) is 0 Å². The van der Waals surface area contributed by atoms with Crippen LogP contribution in [0.25, 0.3) is 11.1 Å². The molecule has 3 aromatic carbocycles. The minimum absolute atomic E-state index is 0.607. The van der Waals surface area contributed by atoms with Crippen molar-refractivity contribution < 1.29 is 4.74 Å². The molecule has 0 saturated heterocycles. The molecule has 0 bridgehead atoms. The van der Waals surface area contributed by atoms with Gasteiger partial charge in [0, 0.05) is 0 Å². The molecular weight excluding hydrogens is 330 g/mol. The molecule has 0 heterocycles. The average molecular weight is 357 g/mol. The van der Waals surface area contributed by atoms with Crippen LogP contribution in [0.5, 0.6) is 5.75 Å². The number of hydrogen-bond donors (Lipinski definition) is 1. The van der Waals surface area contributed by atoms with Crippen LogP contribution in [0.4, 0.5) is 0 Å². The molecule has 27 heavy (non-hydrogen) atoms. The maximum Gasteiger partial charge on any atom is 0.120 e. The Bertz CT molecular complexity index is 871. The maximum absolute atomic E-state index is 6.07. The molecule has 2 heteroatoms. The zero-order valence-electron chi connectivity index (χ0n) is 15.9. The van der Waals surface area contributed by atoms with Crippen LogP contribution in [0.3, 0.4) is 0 Å². The van der Waals surface area contributed by atoms with Crippen LogP contribution >= 0.6 is 0 Å². The highest BCUT2D eigenvalue weighted by Gasteiger charge is 2.18. The molecule has 0 aromatic heterocycles. The van der Waals surface area contributed by atoms with Crippen molar-refractivity contribution in [3.63, 3.8) is 0 Å². The third kappa shape index (κ3) is 4.40. The van der Waals surface area contributed by atoms with Gasteiger partial charge in [-0.25, -0.2) is 0 Å². The second-order valence-corrected chi connectivity index (χ2v) is 7.45. The van der Waals surface area contributed by atoms with E-state index in [0.717, 1.165) is 24.6 Å². The van der Waals surface area contributed by atoms with Crippen molar-refractivity contribution in [2.75, 3.05) is 13.6 Å². The van der Waals surface area contributed by atoms with Gasteiger partial charge in [-0.1, -0.05) is 60.7 Å². The second-order valence-electron chi connectivity index (χ2n) is 7.45. The van der Waals surface area contributed by atoms with Crippen molar-refractivity contribution >= 4 is 0 Å². The fourth-order valence-corrected chi connectivity index (χ4v) is 3.95. The Labute approximate surface area is 162 Å². The molecule has 0 radical (unpaired) electrons. The molecule has 1 N–H and O–H groups in total. The van der Waals surface area contributed by atoms with Crippen LogP contribution in [-0.4, -0.2) is 13.6 Å². The van der Waals surface area contributed by atoms with Crippen LogP contribution in [0.2, 0.25) is 0 Å². The van der Waals surface area contributed by atoms with Crippen molar-refractivity contribution in [1.82, 2.24) is 5.32 Å². The Morgan fingerprint density at radius 2 is 1.67 bits per heavy atom. The largest absolute Gasteiger partial charge is 0.489 e. The van der Waals surface area contributed by atoms with Gasteiger partial charge in [0.05, 0.1) is 0 Å². The summed E-state index contributed by atoms with van der Waals surface area (Å²) in [7, 11) is 2.04. The Morgan fingerprint density at radius 1 is 0.889 bits per heavy atom. The summed E-state index contributed by atoms with van der Waals surface area (Å²) in [5.41, 5.74) is 6.63. The summed E-state index contributed by atoms with van der Waals surface area (Å²) in [5, 5.41) is 3.31. The van der Waals surface area contributed by atoms with E-state index in [1.54, 1.807) is 0 Å². The number of aryl methyl sites for hydroxylation is 1. The normalized spacial score (nSPS) is 16.0. The second kappa shape index (κ2) is 8.41. The fraction of sp³-hybridized carbons (Fsp3) is 0.280. The molecule has 4 rings (SSSR count). The lowest BCUT2D eigenvalue weighted by Gasteiger charge is -2.24. The standard InChI is InChI=1S/C25H27NO/c1-26-17-20-9-12-24-16-25(14-13-23(24)15-20)27-18-19-7-10-22(11-8-19)21-5-3-2-4-6-21/h2-8,10-11,13-14,16,20,26H,9,12,15,17-18H2,1H3. The van der Waals surface area contributed by atoms with Gasteiger partial charge in [0.15, 0.2) is 0 Å². The molecule has 1 unspecified atom stereocenters. The van der Waals surface area contributed by atoms with E-state index in [0.29, 0.717) is 6.61 Å². The topological polar surface area (TPSA) is 21.3 Å². The van der Waals surface area contributed by atoms with Gasteiger partial charge in [-0.3, -0.25) is 0 Å². The summed E-state index contributed by atoms with van der Waals surface area (Å²) in [4.78, 5) is 0. The van der Waals surface area contributed by atoms with Crippen LogP contribution in [0.15, 0.2) is 72.8 Å². The molecule has 2 nitrogen and oxygen atoms in total. The van der Waals surface area contributed by atoms with Crippen molar-refractivity contribution in [2.24, 2.45) is 5.92 Å². The number of hydrogen-bond acceptors (Lipinski definition) is 2. The Morgan fingerprint density at radius 3 is 2.44 bits per heavy atom. The number of ether oxygens (including phenoxy) is 1. The van der Waals surface area contributed by atoms with Gasteiger partial charge in [0.1, 0.15) is 12.4 Å². The predicted molar refractivity (Wildman–Crippen MR) is 112 cm³/mol. The van der Waals surface area contributed by atoms with Crippen LogP contribution in [0, 0.1) is 5.92 Å². The van der Waals surface area contributed by atoms with Crippen LogP contribution < -0.4 is 10.1 Å². The SMILES string of the molecule is CNCC1CCc2cc(OCc3ccc(-c4ccccc4)cc3)ccc2C1. The summed E-state index contributed by atoms with van der Waals surface area (Å²) >= 11 is 0. The zero-order chi connectivity index (χ0) is 18.5. The molecule has 1 atom stereocenters. The van der Waals surface area contributed by atoms with Crippen molar-refractivity contribution in [2.45, 2.75) is 25.9 Å². The summed E-state index contributed by atoms with van der Waals surface area (Å²) in [6, 6.07) is 25.7. The van der Waals surface area contributed by atoms with E-state index in [2.05, 4.69) is 72.0 Å². The molecule has 0 saturated carbocycles. The highest BCUT2D eigenvalue weighted by molar-refractivity contribution is 5.63. The number of rotatable bonds is 6. The van der Waals surface area contributed by atoms with E-state index in [-0.39, 0.29) is 0 Å². The highest BCUT2D eigenvalue weighted by atomic mass is 16.5. The third-order valence-electron chi connectivity index (χ3n) is 5.47. The molecule has 0 aliphatic heterocycles. The first-order valence-electron chi connectivity index (χ1n) is 9.85. The van der Waals surface area contributed by atoms with Crippen LogP contribution in [-0.2, 0) is 19.4 Å². The quantitative estimate of drug-likeness (QED) is 0.650. The van der Waals surface area contributed by atoms with Gasteiger partial charge >= 0.3 is 0 Å². The molecule has 0 amide bonds. The van der Waals surface area contributed by atoms with Gasteiger partial charge in [-0.15, -0.1) is 0 Å². The van der Waals surface area contributed by atoms with E-state index >= 15 is 0 Å². The van der Waals surface area contributed by atoms with Gasteiger partial charge in [0.25, 0.3) is 0 Å². The summed E-state index contributed by atoms with van der Waals surface area (Å²) in [6.07, 6.45) is 3.60. The molecule has 0 fully saturated rings. The fourth-order valence-electron chi connectivity index (χ4n) is 3.95. The first kappa shape index (κ1) is 17.8. The lowest BCUT2D eigenvalue weighted by Crippen LogP contribution is -2.24. The predicted octanol–water partition coefficient (Wildman–Crippen LogP) is 5.26. The molecule has 3 aromatic rings. The van der Waals surface area contributed by atoms with Gasteiger partial charge < -0.3 is 10.1 Å². The minimum atomic E-state index is 0.607. The number of fused-ring (bicyclic) bond motifs is 1. The minimum Gasteiger partial charge on any atom is -0.489 e.